The molecule has 0 fully saturated rings. The average Bonchev–Trinajstić information content (AvgIpc) is 2.28. The molecule has 0 radical (unpaired) electrons. The largest absolute Gasteiger partial charge is 0.411 e. The second-order valence-electron chi connectivity index (χ2n) is 4.70. The molecule has 0 heterocycles. The van der Waals surface area contributed by atoms with E-state index in [9.17, 15) is 5.21 Å². The predicted molar refractivity (Wildman–Crippen MR) is 69.7 cm³/mol. The molecular weight excluding hydrogens is 218 g/mol. The van der Waals surface area contributed by atoms with Crippen molar-refractivity contribution in [3.05, 3.63) is 35.4 Å². The fourth-order valence-corrected chi connectivity index (χ4v) is 3.44. The van der Waals surface area contributed by atoms with Crippen LogP contribution < -0.4 is 0 Å². The van der Waals surface area contributed by atoms with Gasteiger partial charge in [-0.3, -0.25) is 0 Å². The van der Waals surface area contributed by atoms with Crippen LogP contribution in [-0.4, -0.2) is 22.4 Å². The first-order valence-electron chi connectivity index (χ1n) is 5.45. The SMILES string of the molecule is CSC1Cc2ccccc2C(C)(C)C1=NO. The highest BCUT2D eigenvalue weighted by Crippen LogP contribution is 2.38. The minimum Gasteiger partial charge on any atom is -0.411 e. The number of oxime groups is 1. The first kappa shape index (κ1) is 11.5. The highest BCUT2D eigenvalue weighted by atomic mass is 32.2. The maximum atomic E-state index is 9.23. The Bertz CT molecular complexity index is 426. The van der Waals surface area contributed by atoms with Crippen LogP contribution in [0.5, 0.6) is 0 Å². The molecule has 1 N–H and O–H groups in total. The highest BCUT2D eigenvalue weighted by molar-refractivity contribution is 8.00. The maximum absolute atomic E-state index is 9.23. The first-order valence-corrected chi connectivity index (χ1v) is 6.73. The molecular formula is C13H17NOS. The van der Waals surface area contributed by atoms with Gasteiger partial charge in [-0.2, -0.15) is 11.8 Å². The molecule has 3 heteroatoms. The Morgan fingerprint density at radius 2 is 2.06 bits per heavy atom. The quantitative estimate of drug-likeness (QED) is 0.599. The van der Waals surface area contributed by atoms with Crippen molar-refractivity contribution in [1.29, 1.82) is 0 Å². The lowest BCUT2D eigenvalue weighted by molar-refractivity contribution is 0.312. The Labute approximate surface area is 101 Å². The van der Waals surface area contributed by atoms with E-state index in [1.165, 1.54) is 11.1 Å². The van der Waals surface area contributed by atoms with Crippen molar-refractivity contribution < 1.29 is 5.21 Å². The molecule has 0 aliphatic heterocycles. The molecule has 0 bridgehead atoms. The van der Waals surface area contributed by atoms with E-state index in [0.29, 0.717) is 0 Å². The van der Waals surface area contributed by atoms with E-state index in [-0.39, 0.29) is 10.7 Å². The molecule has 86 valence electrons. The van der Waals surface area contributed by atoms with Crippen molar-refractivity contribution in [1.82, 2.24) is 0 Å². The topological polar surface area (TPSA) is 32.6 Å². The zero-order valence-corrected chi connectivity index (χ0v) is 10.7. The second-order valence-corrected chi connectivity index (χ2v) is 5.74. The standard InChI is InChI=1S/C13H17NOS/c1-13(2)10-7-5-4-6-9(10)8-11(16-3)12(13)14-15/h4-7,11,15H,8H2,1-3H3. The van der Waals surface area contributed by atoms with Gasteiger partial charge in [0.2, 0.25) is 0 Å². The molecule has 1 atom stereocenters. The van der Waals surface area contributed by atoms with Crippen LogP contribution in [0.1, 0.15) is 25.0 Å². The predicted octanol–water partition coefficient (Wildman–Crippen LogP) is 3.08. The minimum atomic E-state index is -0.169. The Hall–Kier alpha value is -0.960. The van der Waals surface area contributed by atoms with Crippen LogP contribution in [0.3, 0.4) is 0 Å². The highest BCUT2D eigenvalue weighted by Gasteiger charge is 2.39. The smallest absolute Gasteiger partial charge is 0.0803 e. The van der Waals surface area contributed by atoms with E-state index >= 15 is 0 Å². The van der Waals surface area contributed by atoms with Crippen molar-refractivity contribution >= 4 is 17.5 Å². The fraction of sp³-hybridized carbons (Fsp3) is 0.462. The lowest BCUT2D eigenvalue weighted by Gasteiger charge is -2.37. The normalized spacial score (nSPS) is 25.4. The molecule has 0 aromatic heterocycles. The summed E-state index contributed by atoms with van der Waals surface area (Å²) in [6.07, 6.45) is 3.03. The van der Waals surface area contributed by atoms with Gasteiger partial charge in [0.15, 0.2) is 0 Å². The van der Waals surface area contributed by atoms with Gasteiger partial charge in [-0.05, 0) is 23.8 Å². The van der Waals surface area contributed by atoms with Crippen LogP contribution in [0.15, 0.2) is 29.4 Å². The van der Waals surface area contributed by atoms with Crippen LogP contribution in [0, 0.1) is 0 Å². The summed E-state index contributed by atoms with van der Waals surface area (Å²) >= 11 is 1.75. The van der Waals surface area contributed by atoms with Gasteiger partial charge in [-0.15, -0.1) is 0 Å². The lowest BCUT2D eigenvalue weighted by Crippen LogP contribution is -2.42. The van der Waals surface area contributed by atoms with Gasteiger partial charge in [0, 0.05) is 5.41 Å². The van der Waals surface area contributed by atoms with Gasteiger partial charge >= 0.3 is 0 Å². The van der Waals surface area contributed by atoms with E-state index in [1.807, 2.05) is 0 Å². The van der Waals surface area contributed by atoms with E-state index in [4.69, 9.17) is 0 Å². The zero-order chi connectivity index (χ0) is 11.8. The van der Waals surface area contributed by atoms with Crippen molar-refractivity contribution in [3.8, 4) is 0 Å². The molecule has 1 aliphatic rings. The summed E-state index contributed by atoms with van der Waals surface area (Å²) < 4.78 is 0. The van der Waals surface area contributed by atoms with Crippen LogP contribution in [0.4, 0.5) is 0 Å². The third kappa shape index (κ3) is 1.63. The summed E-state index contributed by atoms with van der Waals surface area (Å²) in [5, 5.41) is 13.1. The number of thioether (sulfide) groups is 1. The summed E-state index contributed by atoms with van der Waals surface area (Å²) in [6.45, 7) is 4.26. The molecule has 2 rings (SSSR count). The summed E-state index contributed by atoms with van der Waals surface area (Å²) in [7, 11) is 0. The minimum absolute atomic E-state index is 0.169. The summed E-state index contributed by atoms with van der Waals surface area (Å²) in [6, 6.07) is 8.44. The average molecular weight is 235 g/mol. The molecule has 1 aromatic carbocycles. The van der Waals surface area contributed by atoms with Crippen molar-refractivity contribution in [2.24, 2.45) is 5.16 Å². The third-order valence-electron chi connectivity index (χ3n) is 3.43. The molecule has 1 unspecified atom stereocenters. The lowest BCUT2D eigenvalue weighted by atomic mass is 9.71. The number of benzene rings is 1. The van der Waals surface area contributed by atoms with E-state index < -0.39 is 0 Å². The van der Waals surface area contributed by atoms with Gasteiger partial charge in [-0.1, -0.05) is 43.3 Å². The fourth-order valence-electron chi connectivity index (χ4n) is 2.53. The monoisotopic (exact) mass is 235 g/mol. The molecule has 0 saturated carbocycles. The van der Waals surface area contributed by atoms with Gasteiger partial charge in [0.25, 0.3) is 0 Å². The van der Waals surface area contributed by atoms with Crippen LogP contribution in [0.2, 0.25) is 0 Å². The number of hydrogen-bond donors (Lipinski definition) is 1. The van der Waals surface area contributed by atoms with E-state index in [0.717, 1.165) is 12.1 Å². The summed E-state index contributed by atoms with van der Waals surface area (Å²) in [5.41, 5.74) is 3.38. The van der Waals surface area contributed by atoms with Crippen molar-refractivity contribution in [3.63, 3.8) is 0 Å². The Kier molecular flexibility index (Phi) is 2.98. The van der Waals surface area contributed by atoms with Crippen LogP contribution in [-0.2, 0) is 11.8 Å². The molecule has 0 saturated heterocycles. The zero-order valence-electron chi connectivity index (χ0n) is 9.90. The summed E-state index contributed by atoms with van der Waals surface area (Å²) in [4.78, 5) is 0. The maximum Gasteiger partial charge on any atom is 0.0803 e. The Morgan fingerprint density at radius 1 is 1.38 bits per heavy atom. The summed E-state index contributed by atoms with van der Waals surface area (Å²) in [5.74, 6) is 0. The molecule has 1 aliphatic carbocycles. The van der Waals surface area contributed by atoms with E-state index in [1.54, 1.807) is 11.8 Å². The van der Waals surface area contributed by atoms with Gasteiger partial charge in [0.1, 0.15) is 0 Å². The van der Waals surface area contributed by atoms with Crippen LogP contribution in [0.25, 0.3) is 0 Å². The third-order valence-corrected chi connectivity index (χ3v) is 4.39. The van der Waals surface area contributed by atoms with Gasteiger partial charge < -0.3 is 5.21 Å². The Morgan fingerprint density at radius 3 is 2.69 bits per heavy atom. The van der Waals surface area contributed by atoms with E-state index in [2.05, 4.69) is 49.5 Å². The van der Waals surface area contributed by atoms with Gasteiger partial charge in [-0.25, -0.2) is 0 Å². The molecule has 0 spiro atoms. The van der Waals surface area contributed by atoms with Crippen LogP contribution >= 0.6 is 11.8 Å². The number of rotatable bonds is 1. The molecule has 1 aromatic rings. The molecule has 2 nitrogen and oxygen atoms in total. The van der Waals surface area contributed by atoms with Gasteiger partial charge in [0.05, 0.1) is 11.0 Å². The second kappa shape index (κ2) is 4.13. The first-order chi connectivity index (χ1) is 7.61. The van der Waals surface area contributed by atoms with Crippen molar-refractivity contribution in [2.45, 2.75) is 30.9 Å². The number of fused-ring (bicyclic) bond motifs is 1. The Balaban J connectivity index is 2.57. The molecule has 16 heavy (non-hydrogen) atoms. The molecule has 0 amide bonds. The van der Waals surface area contributed by atoms with Crippen molar-refractivity contribution in [2.75, 3.05) is 6.26 Å². The number of nitrogens with zero attached hydrogens (tertiary/aromatic N) is 1. The number of hydrogen-bond acceptors (Lipinski definition) is 3.